The van der Waals surface area contributed by atoms with Gasteiger partial charge in [-0.1, -0.05) is 0 Å². The van der Waals surface area contributed by atoms with Crippen molar-refractivity contribution in [2.75, 3.05) is 5.75 Å². The summed E-state index contributed by atoms with van der Waals surface area (Å²) in [5.41, 5.74) is -2.00. The second-order valence-electron chi connectivity index (χ2n) is 11.0. The van der Waals surface area contributed by atoms with Gasteiger partial charge in [0, 0.05) is 0 Å². The molecule has 2 saturated carbocycles. The number of rotatable bonds is 7. The van der Waals surface area contributed by atoms with Gasteiger partial charge >= 0.3 is 222 Å². The number of carbonyl (C=O) groups excluding carboxylic acids is 2. The fourth-order valence-corrected chi connectivity index (χ4v) is 13.1. The van der Waals surface area contributed by atoms with Gasteiger partial charge in [0.1, 0.15) is 0 Å². The van der Waals surface area contributed by atoms with E-state index in [4.69, 9.17) is 12.0 Å². The van der Waals surface area contributed by atoms with Crippen LogP contribution in [0.2, 0.25) is 0 Å². The molecule has 0 N–H and O–H groups in total. The van der Waals surface area contributed by atoms with E-state index in [-0.39, 0.29) is 28.6 Å². The maximum atomic E-state index is 13.5. The molecule has 36 heavy (non-hydrogen) atoms. The Morgan fingerprint density at radius 2 is 1.72 bits per heavy atom. The molecule has 0 aliphatic heterocycles. The molecule has 2 fully saturated rings. The molecule has 4 rings (SSSR count). The van der Waals surface area contributed by atoms with Crippen molar-refractivity contribution in [1.29, 1.82) is 0 Å². The first-order chi connectivity index (χ1) is 16.7. The van der Waals surface area contributed by atoms with E-state index >= 15 is 0 Å². The molecule has 9 heteroatoms. The molecule has 2 aliphatic rings. The van der Waals surface area contributed by atoms with Gasteiger partial charge in [-0.3, -0.25) is 0 Å². The van der Waals surface area contributed by atoms with E-state index in [1.54, 1.807) is 45.0 Å². The monoisotopic (exact) mass is 628 g/mol. The quantitative estimate of drug-likeness (QED) is 0.205. The van der Waals surface area contributed by atoms with Crippen LogP contribution in [0.15, 0.2) is 54.6 Å². The van der Waals surface area contributed by atoms with Gasteiger partial charge in [0.25, 0.3) is 0 Å². The molecule has 0 radical (unpaired) electrons. The van der Waals surface area contributed by atoms with Crippen LogP contribution < -0.4 is 4.74 Å². The third-order valence-electron chi connectivity index (χ3n) is 7.24. The fourth-order valence-electron chi connectivity index (χ4n) is 5.26. The van der Waals surface area contributed by atoms with Crippen molar-refractivity contribution in [2.45, 2.75) is 59.5 Å². The molecule has 7 nitrogen and oxygen atoms in total. The number of hydrogen-bond donors (Lipinski definition) is 0. The molecule has 0 spiro atoms. The minimum atomic E-state index is -4.05. The number of carbonyl (C=O) groups is 2. The third-order valence-corrected chi connectivity index (χ3v) is 14.8. The Bertz CT molecular complexity index is 1250. The summed E-state index contributed by atoms with van der Waals surface area (Å²) >= 11 is -3.00. The zero-order valence-corrected chi connectivity index (χ0v) is 24.2. The van der Waals surface area contributed by atoms with Crippen molar-refractivity contribution in [3.8, 4) is 5.75 Å². The number of benzene rings is 2. The van der Waals surface area contributed by atoms with Crippen molar-refractivity contribution in [3.05, 3.63) is 61.7 Å². The molecule has 2 aliphatic carbocycles. The Morgan fingerprint density at radius 3 is 2.31 bits per heavy atom. The minimum absolute atomic E-state index is 0.0312. The van der Waals surface area contributed by atoms with Crippen molar-refractivity contribution < 1.29 is 30.0 Å². The van der Waals surface area contributed by atoms with Gasteiger partial charge < -0.3 is 0 Å². The van der Waals surface area contributed by atoms with E-state index in [1.165, 1.54) is 0 Å². The molecule has 0 heterocycles. The van der Waals surface area contributed by atoms with Gasteiger partial charge in [0.15, 0.2) is 0 Å². The number of ether oxygens (including phenoxy) is 2. The Labute approximate surface area is 221 Å². The Kier molecular flexibility index (Phi) is 7.31. The number of fused-ring (bicyclic) bond motifs is 2. The Balaban J connectivity index is 1.63. The van der Waals surface area contributed by atoms with Crippen LogP contribution in [-0.2, 0) is 22.2 Å². The predicted octanol–water partition coefficient (Wildman–Crippen LogP) is 6.20. The summed E-state index contributed by atoms with van der Waals surface area (Å²) in [6.45, 7) is 9.24. The summed E-state index contributed by atoms with van der Waals surface area (Å²) in [6, 6.07) is 15.9. The molecule has 0 amide bonds. The molecule has 0 aromatic heterocycles. The van der Waals surface area contributed by atoms with Crippen LogP contribution in [0.5, 0.6) is 5.75 Å². The zero-order valence-electron chi connectivity index (χ0n) is 21.2. The number of ketones is 1. The molecule has 2 atom stereocenters. The van der Waals surface area contributed by atoms with Gasteiger partial charge in [-0.25, -0.2) is 0 Å². The normalized spacial score (nSPS) is 23.4. The van der Waals surface area contributed by atoms with Crippen LogP contribution >= 0.6 is 20.2 Å². The van der Waals surface area contributed by atoms with Gasteiger partial charge in [-0.05, 0) is 0 Å². The summed E-state index contributed by atoms with van der Waals surface area (Å²) < 4.78 is 45.1. The van der Waals surface area contributed by atoms with Crippen molar-refractivity contribution in [1.82, 2.24) is 0 Å². The molecule has 2 aromatic rings. The van der Waals surface area contributed by atoms with Gasteiger partial charge in [-0.2, -0.15) is 0 Å². The second-order valence-corrected chi connectivity index (χ2v) is 17.5. The molecule has 2 bridgehead atoms. The summed E-state index contributed by atoms with van der Waals surface area (Å²) in [6.07, 6.45) is 1.03. The second kappa shape index (κ2) is 9.72. The van der Waals surface area contributed by atoms with E-state index in [9.17, 15) is 18.0 Å². The maximum absolute atomic E-state index is 13.5. The number of Topliss-reactive ketones (excluding diaryl/α,β-unsaturated/α-hetero) is 1. The first-order valence-corrected chi connectivity index (χ1v) is 16.6. The standard InChI is InChI=1S/C27H33IO7S/c1-25(2,3)34-24(30)33-22-13-9-12-21(17-22)28(20-10-7-6-8-11-20)35-36(31,32)18-27-15-14-19(16-23(27)29)26(27,4)5/h6-13,17,19H,14-16,18H2,1-5H3. The predicted molar refractivity (Wildman–Crippen MR) is 145 cm³/mol. The summed E-state index contributed by atoms with van der Waals surface area (Å²) in [7, 11) is -4.05. The average molecular weight is 629 g/mol. The molecule has 0 saturated heterocycles. The first-order valence-electron chi connectivity index (χ1n) is 11.9. The molecular weight excluding hydrogens is 595 g/mol. The summed E-state index contributed by atoms with van der Waals surface area (Å²) in [5, 5.41) is 0. The summed E-state index contributed by atoms with van der Waals surface area (Å²) in [4.78, 5) is 25.1. The Hall–Kier alpha value is -1.98. The van der Waals surface area contributed by atoms with Crippen molar-refractivity contribution in [3.63, 3.8) is 0 Å². The average Bonchev–Trinajstić information content (AvgIpc) is 3.11. The molecular formula is C27H33IO7S. The van der Waals surface area contributed by atoms with Crippen LogP contribution in [0.3, 0.4) is 0 Å². The summed E-state index contributed by atoms with van der Waals surface area (Å²) in [5.74, 6) is 0.178. The zero-order chi connectivity index (χ0) is 26.4. The molecule has 196 valence electrons. The number of hydrogen-bond acceptors (Lipinski definition) is 7. The van der Waals surface area contributed by atoms with Crippen molar-refractivity contribution in [2.24, 2.45) is 16.7 Å². The fraction of sp³-hybridized carbons (Fsp3) is 0.481. The van der Waals surface area contributed by atoms with E-state index < -0.39 is 47.5 Å². The molecule has 2 aromatic carbocycles. The van der Waals surface area contributed by atoms with Crippen LogP contribution in [-0.4, -0.2) is 31.7 Å². The van der Waals surface area contributed by atoms with E-state index in [0.717, 1.165) is 9.99 Å². The van der Waals surface area contributed by atoms with Gasteiger partial charge in [-0.15, -0.1) is 0 Å². The van der Waals surface area contributed by atoms with E-state index in [0.29, 0.717) is 16.4 Å². The SMILES string of the molecule is CC(C)(C)OC(=O)Oc1cccc(I(OS(=O)(=O)CC23CCC(CC2=O)C3(C)C)c2ccccc2)c1. The number of halogens is 1. The molecule has 2 unspecified atom stereocenters. The topological polar surface area (TPSA) is 96.0 Å². The Morgan fingerprint density at radius 1 is 1.06 bits per heavy atom. The van der Waals surface area contributed by atoms with Crippen LogP contribution in [0.1, 0.15) is 53.9 Å². The van der Waals surface area contributed by atoms with Crippen LogP contribution in [0.4, 0.5) is 4.79 Å². The van der Waals surface area contributed by atoms with Crippen LogP contribution in [0.25, 0.3) is 0 Å². The first kappa shape index (κ1) is 27.1. The third kappa shape index (κ3) is 5.47. The van der Waals surface area contributed by atoms with E-state index in [2.05, 4.69) is 0 Å². The van der Waals surface area contributed by atoms with Gasteiger partial charge in [0.05, 0.1) is 0 Å². The van der Waals surface area contributed by atoms with E-state index in [1.807, 2.05) is 44.2 Å². The van der Waals surface area contributed by atoms with Crippen molar-refractivity contribution >= 4 is 42.3 Å². The van der Waals surface area contributed by atoms with Crippen LogP contribution in [0, 0.1) is 23.9 Å². The van der Waals surface area contributed by atoms with Gasteiger partial charge in [0.2, 0.25) is 0 Å².